The number of ether oxygens (including phenoxy) is 1. The Balaban J connectivity index is 2.18. The fraction of sp³-hybridized carbons (Fsp3) is 0.684. The summed E-state index contributed by atoms with van der Waals surface area (Å²) < 4.78 is 5.52. The minimum Gasteiger partial charge on any atom is -0.443 e. The highest BCUT2D eigenvalue weighted by Crippen LogP contribution is 2.32. The molecule has 0 N–H and O–H groups in total. The minimum atomic E-state index is -0.518. The average Bonchev–Trinajstić information content (AvgIpc) is 2.94. The Morgan fingerprint density at radius 3 is 2.62 bits per heavy atom. The summed E-state index contributed by atoms with van der Waals surface area (Å²) in [4.78, 5) is 21.1. The predicted molar refractivity (Wildman–Crippen MR) is 97.3 cm³/mol. The fourth-order valence-corrected chi connectivity index (χ4v) is 3.20. The zero-order chi connectivity index (χ0) is 17.9. The second-order valence-electron chi connectivity index (χ2n) is 7.68. The third-order valence-electron chi connectivity index (χ3n) is 4.28. The molecule has 1 fully saturated rings. The Hall–Kier alpha value is -1.62. The van der Waals surface area contributed by atoms with Gasteiger partial charge >= 0.3 is 6.09 Å². The summed E-state index contributed by atoms with van der Waals surface area (Å²) in [5, 5.41) is 0. The van der Waals surface area contributed by atoms with E-state index >= 15 is 0 Å². The molecule has 5 nitrogen and oxygen atoms in total. The van der Waals surface area contributed by atoms with Crippen LogP contribution in [-0.4, -0.2) is 40.7 Å². The Labute approximate surface area is 146 Å². The van der Waals surface area contributed by atoms with Crippen molar-refractivity contribution in [1.82, 2.24) is 9.88 Å². The number of pyridine rings is 1. The van der Waals surface area contributed by atoms with Gasteiger partial charge in [0.1, 0.15) is 11.4 Å². The molecule has 134 valence electrons. The van der Waals surface area contributed by atoms with Gasteiger partial charge in [0.2, 0.25) is 0 Å². The Morgan fingerprint density at radius 2 is 2.12 bits per heavy atom. The number of aromatic nitrogens is 1. The molecule has 1 saturated heterocycles. The first-order chi connectivity index (χ1) is 11.2. The number of rotatable bonds is 4. The fourth-order valence-electron chi connectivity index (χ4n) is 3.20. The standard InChI is InChI=1S/C19H31N3O2/c1-7-21-12-8-9-16(21)15-10-11-17(20-13-15)22(14(2)3)18(23)24-19(4,5)6/h10-11,13-14,16H,7-9,12H2,1-6H3. The minimum absolute atomic E-state index is 0.0168. The number of nitrogens with zero attached hydrogens (tertiary/aromatic N) is 3. The summed E-state index contributed by atoms with van der Waals surface area (Å²) in [5.41, 5.74) is 0.710. The summed E-state index contributed by atoms with van der Waals surface area (Å²) in [6, 6.07) is 4.47. The topological polar surface area (TPSA) is 45.7 Å². The smallest absolute Gasteiger partial charge is 0.416 e. The van der Waals surface area contributed by atoms with Crippen LogP contribution in [0, 0.1) is 0 Å². The first-order valence-electron chi connectivity index (χ1n) is 8.95. The quantitative estimate of drug-likeness (QED) is 0.820. The van der Waals surface area contributed by atoms with Gasteiger partial charge in [0.05, 0.1) is 0 Å². The van der Waals surface area contributed by atoms with Crippen molar-refractivity contribution in [2.75, 3.05) is 18.0 Å². The van der Waals surface area contributed by atoms with Crippen LogP contribution >= 0.6 is 0 Å². The van der Waals surface area contributed by atoms with Crippen LogP contribution in [0.1, 0.15) is 66.0 Å². The van der Waals surface area contributed by atoms with Crippen LogP contribution < -0.4 is 4.90 Å². The van der Waals surface area contributed by atoms with Crippen LogP contribution in [0.2, 0.25) is 0 Å². The summed E-state index contributed by atoms with van der Waals surface area (Å²) >= 11 is 0. The van der Waals surface area contributed by atoms with E-state index in [9.17, 15) is 4.79 Å². The largest absolute Gasteiger partial charge is 0.443 e. The normalized spacial score (nSPS) is 18.9. The summed E-state index contributed by atoms with van der Waals surface area (Å²) in [6.45, 7) is 14.0. The number of amides is 1. The van der Waals surface area contributed by atoms with Gasteiger partial charge in [-0.15, -0.1) is 0 Å². The molecule has 0 radical (unpaired) electrons. The molecule has 2 rings (SSSR count). The number of hydrogen-bond donors (Lipinski definition) is 0. The second-order valence-corrected chi connectivity index (χ2v) is 7.68. The van der Waals surface area contributed by atoms with E-state index in [0.29, 0.717) is 11.9 Å². The van der Waals surface area contributed by atoms with Crippen LogP contribution in [-0.2, 0) is 4.74 Å². The molecule has 24 heavy (non-hydrogen) atoms. The van der Waals surface area contributed by atoms with Crippen LogP contribution in [0.5, 0.6) is 0 Å². The third-order valence-corrected chi connectivity index (χ3v) is 4.28. The second kappa shape index (κ2) is 7.51. The Kier molecular flexibility index (Phi) is 5.86. The summed E-state index contributed by atoms with van der Waals surface area (Å²) in [5.74, 6) is 0.643. The van der Waals surface area contributed by atoms with E-state index in [4.69, 9.17) is 4.74 Å². The van der Waals surface area contributed by atoms with Crippen molar-refractivity contribution < 1.29 is 9.53 Å². The SMILES string of the molecule is CCN1CCCC1c1ccc(N(C(=O)OC(C)(C)C)C(C)C)nc1. The molecule has 0 aromatic carbocycles. The van der Waals surface area contributed by atoms with E-state index in [1.54, 1.807) is 4.90 Å². The van der Waals surface area contributed by atoms with E-state index in [2.05, 4.69) is 22.9 Å². The van der Waals surface area contributed by atoms with Crippen molar-refractivity contribution in [2.45, 2.75) is 72.1 Å². The van der Waals surface area contributed by atoms with Gasteiger partial charge in [-0.2, -0.15) is 0 Å². The lowest BCUT2D eigenvalue weighted by Crippen LogP contribution is -2.41. The van der Waals surface area contributed by atoms with Crippen LogP contribution in [0.25, 0.3) is 0 Å². The van der Waals surface area contributed by atoms with Crippen molar-refractivity contribution in [3.05, 3.63) is 23.9 Å². The lowest BCUT2D eigenvalue weighted by molar-refractivity contribution is 0.0569. The first kappa shape index (κ1) is 18.7. The summed E-state index contributed by atoms with van der Waals surface area (Å²) in [6.07, 6.45) is 3.97. The molecule has 0 saturated carbocycles. The van der Waals surface area contributed by atoms with E-state index in [1.807, 2.05) is 46.9 Å². The highest BCUT2D eigenvalue weighted by Gasteiger charge is 2.28. The lowest BCUT2D eigenvalue weighted by atomic mass is 10.1. The molecule has 0 bridgehead atoms. The van der Waals surface area contributed by atoms with Gasteiger partial charge in [-0.25, -0.2) is 9.78 Å². The first-order valence-corrected chi connectivity index (χ1v) is 8.95. The molecule has 0 spiro atoms. The van der Waals surface area contributed by atoms with Crippen LogP contribution in [0.15, 0.2) is 18.3 Å². The molecule has 2 heterocycles. The number of anilines is 1. The zero-order valence-corrected chi connectivity index (χ0v) is 15.9. The zero-order valence-electron chi connectivity index (χ0n) is 15.9. The van der Waals surface area contributed by atoms with E-state index in [-0.39, 0.29) is 12.1 Å². The maximum atomic E-state index is 12.5. The highest BCUT2D eigenvalue weighted by atomic mass is 16.6. The molecular formula is C19H31N3O2. The van der Waals surface area contributed by atoms with E-state index in [1.165, 1.54) is 18.4 Å². The Morgan fingerprint density at radius 1 is 1.42 bits per heavy atom. The van der Waals surface area contributed by atoms with E-state index in [0.717, 1.165) is 13.1 Å². The lowest BCUT2D eigenvalue weighted by Gasteiger charge is -2.29. The Bertz CT molecular complexity index is 549. The number of carbonyl (C=O) groups excluding carboxylic acids is 1. The van der Waals surface area contributed by atoms with Crippen LogP contribution in [0.3, 0.4) is 0 Å². The molecule has 1 aromatic heterocycles. The van der Waals surface area contributed by atoms with Crippen molar-refractivity contribution >= 4 is 11.9 Å². The molecule has 1 aliphatic heterocycles. The number of hydrogen-bond acceptors (Lipinski definition) is 4. The number of likely N-dealkylation sites (tertiary alicyclic amines) is 1. The monoisotopic (exact) mass is 333 g/mol. The molecule has 1 unspecified atom stereocenters. The molecule has 5 heteroatoms. The molecule has 1 aliphatic rings. The van der Waals surface area contributed by atoms with Gasteiger partial charge in [-0.1, -0.05) is 13.0 Å². The molecular weight excluding hydrogens is 302 g/mol. The molecule has 1 amide bonds. The predicted octanol–water partition coefficient (Wildman–Crippen LogP) is 4.39. The van der Waals surface area contributed by atoms with E-state index < -0.39 is 5.60 Å². The van der Waals surface area contributed by atoms with Gasteiger partial charge < -0.3 is 4.74 Å². The highest BCUT2D eigenvalue weighted by molar-refractivity contribution is 5.87. The molecule has 0 aliphatic carbocycles. The van der Waals surface area contributed by atoms with Crippen molar-refractivity contribution in [1.29, 1.82) is 0 Å². The maximum Gasteiger partial charge on any atom is 0.416 e. The summed E-state index contributed by atoms with van der Waals surface area (Å²) in [7, 11) is 0. The number of carbonyl (C=O) groups is 1. The molecule has 1 aromatic rings. The van der Waals surface area contributed by atoms with Crippen molar-refractivity contribution in [3.63, 3.8) is 0 Å². The van der Waals surface area contributed by atoms with Gasteiger partial charge in [0.15, 0.2) is 0 Å². The molecule has 1 atom stereocenters. The van der Waals surface area contributed by atoms with Gasteiger partial charge in [0.25, 0.3) is 0 Å². The van der Waals surface area contributed by atoms with Crippen molar-refractivity contribution in [2.24, 2.45) is 0 Å². The maximum absolute atomic E-state index is 12.5. The van der Waals surface area contributed by atoms with Gasteiger partial charge in [0, 0.05) is 18.3 Å². The van der Waals surface area contributed by atoms with Crippen molar-refractivity contribution in [3.8, 4) is 0 Å². The van der Waals surface area contributed by atoms with Crippen LogP contribution in [0.4, 0.5) is 10.6 Å². The average molecular weight is 333 g/mol. The van der Waals surface area contributed by atoms with Gasteiger partial charge in [-0.3, -0.25) is 9.80 Å². The van der Waals surface area contributed by atoms with Gasteiger partial charge in [-0.05, 0) is 72.2 Å². The third kappa shape index (κ3) is 4.47.